The van der Waals surface area contributed by atoms with E-state index in [4.69, 9.17) is 9.47 Å². The molecule has 0 saturated carbocycles. The van der Waals surface area contributed by atoms with Crippen LogP contribution in [0.25, 0.3) is 11.4 Å². The molecule has 0 radical (unpaired) electrons. The van der Waals surface area contributed by atoms with Gasteiger partial charge in [-0.05, 0) is 54.5 Å². The number of amides is 1. The van der Waals surface area contributed by atoms with Crippen LogP contribution in [0.15, 0.2) is 47.4 Å². The van der Waals surface area contributed by atoms with Crippen molar-refractivity contribution < 1.29 is 19.1 Å². The second-order valence-corrected chi connectivity index (χ2v) is 8.05. The van der Waals surface area contributed by atoms with Gasteiger partial charge in [0.2, 0.25) is 11.7 Å². The predicted octanol–water partition coefficient (Wildman–Crippen LogP) is 2.49. The van der Waals surface area contributed by atoms with E-state index >= 15 is 0 Å². The Labute approximate surface area is 183 Å². The lowest BCUT2D eigenvalue weighted by Gasteiger charge is -2.33. The first-order valence-corrected chi connectivity index (χ1v) is 10.6. The number of nitrogens with zero attached hydrogens (tertiary/aromatic N) is 4. The smallest absolute Gasteiger partial charge is 0.326 e. The highest BCUT2D eigenvalue weighted by Gasteiger charge is 2.35. The number of aromatic nitrogens is 4. The molecule has 1 N–H and O–H groups in total. The highest BCUT2D eigenvalue weighted by molar-refractivity contribution is 8.01. The predicted molar refractivity (Wildman–Crippen MR) is 115 cm³/mol. The molecule has 1 amide bonds. The van der Waals surface area contributed by atoms with Gasteiger partial charge >= 0.3 is 5.97 Å². The van der Waals surface area contributed by atoms with Crippen LogP contribution in [-0.2, 0) is 20.7 Å². The minimum atomic E-state index is -0.457. The molecule has 1 unspecified atom stereocenters. The van der Waals surface area contributed by atoms with Crippen LogP contribution in [0.4, 0.5) is 5.69 Å². The monoisotopic (exact) mass is 439 g/mol. The van der Waals surface area contributed by atoms with Crippen molar-refractivity contribution in [2.75, 3.05) is 25.2 Å². The summed E-state index contributed by atoms with van der Waals surface area (Å²) >= 11 is 1.48. The van der Waals surface area contributed by atoms with Gasteiger partial charge in [0.25, 0.3) is 0 Å². The Morgan fingerprint density at radius 1 is 1.23 bits per heavy atom. The van der Waals surface area contributed by atoms with Crippen molar-refractivity contribution in [3.63, 3.8) is 0 Å². The number of carbonyl (C=O) groups is 2. The van der Waals surface area contributed by atoms with E-state index in [1.54, 1.807) is 20.1 Å². The second-order valence-electron chi connectivity index (χ2n) is 6.81. The number of H-pyrrole nitrogens is 1. The third-order valence-corrected chi connectivity index (χ3v) is 6.09. The number of carbonyl (C=O) groups excluding carboxylic acids is 2. The van der Waals surface area contributed by atoms with Crippen LogP contribution in [0.3, 0.4) is 0 Å². The Kier molecular flexibility index (Phi) is 6.17. The summed E-state index contributed by atoms with van der Waals surface area (Å²) in [6.45, 7) is 1.83. The Hall–Kier alpha value is -3.40. The van der Waals surface area contributed by atoms with Crippen molar-refractivity contribution >= 4 is 29.3 Å². The molecule has 2 heterocycles. The maximum Gasteiger partial charge on any atom is 0.326 e. The largest absolute Gasteiger partial charge is 0.497 e. The van der Waals surface area contributed by atoms with Gasteiger partial charge in [0.15, 0.2) is 0 Å². The summed E-state index contributed by atoms with van der Waals surface area (Å²) in [5.41, 5.74) is 2.34. The number of rotatable bonds is 7. The highest BCUT2D eigenvalue weighted by Crippen LogP contribution is 2.42. The van der Waals surface area contributed by atoms with Gasteiger partial charge in [-0.25, -0.2) is 0 Å². The lowest BCUT2D eigenvalue weighted by atomic mass is 10.1. The molecule has 4 rings (SSSR count). The molecule has 0 saturated heterocycles. The van der Waals surface area contributed by atoms with E-state index in [1.165, 1.54) is 16.7 Å². The molecule has 0 spiro atoms. The third kappa shape index (κ3) is 4.53. The van der Waals surface area contributed by atoms with Gasteiger partial charge in [0, 0.05) is 10.5 Å². The number of benzene rings is 2. The number of nitrogens with one attached hydrogen (secondary N) is 1. The summed E-state index contributed by atoms with van der Waals surface area (Å²) < 4.78 is 10.3. The van der Waals surface area contributed by atoms with Crippen LogP contribution < -0.4 is 9.64 Å². The molecule has 31 heavy (non-hydrogen) atoms. The first kappa shape index (κ1) is 20.9. The van der Waals surface area contributed by atoms with Crippen molar-refractivity contribution in [3.8, 4) is 17.1 Å². The van der Waals surface area contributed by atoms with Gasteiger partial charge < -0.3 is 9.47 Å². The van der Waals surface area contributed by atoms with Crippen molar-refractivity contribution in [2.45, 2.75) is 23.5 Å². The molecule has 1 aliphatic rings. The summed E-state index contributed by atoms with van der Waals surface area (Å²) in [6.07, 6.45) is 0.527. The Bertz CT molecular complexity index is 1070. The van der Waals surface area contributed by atoms with Crippen molar-refractivity contribution in [2.24, 2.45) is 0 Å². The van der Waals surface area contributed by atoms with E-state index in [2.05, 4.69) is 20.6 Å². The first-order valence-electron chi connectivity index (χ1n) is 9.73. The first-order chi connectivity index (χ1) is 15.1. The van der Waals surface area contributed by atoms with E-state index in [0.717, 1.165) is 16.2 Å². The van der Waals surface area contributed by atoms with Gasteiger partial charge in [-0.3, -0.25) is 14.5 Å². The molecule has 10 heteroatoms. The Balaban J connectivity index is 1.65. The fourth-order valence-corrected chi connectivity index (χ4v) is 4.60. The molecule has 1 aliphatic heterocycles. The molecule has 160 valence electrons. The van der Waals surface area contributed by atoms with E-state index < -0.39 is 5.97 Å². The fraction of sp³-hybridized carbons (Fsp3) is 0.286. The van der Waals surface area contributed by atoms with E-state index in [0.29, 0.717) is 23.5 Å². The highest BCUT2D eigenvalue weighted by atomic mass is 32.2. The molecule has 0 aliphatic carbocycles. The average Bonchev–Trinajstić information content (AvgIpc) is 3.32. The van der Waals surface area contributed by atoms with Crippen LogP contribution in [0.2, 0.25) is 0 Å². The zero-order valence-electron chi connectivity index (χ0n) is 17.1. The molecule has 2 aromatic carbocycles. The number of fused-ring (bicyclic) bond motifs is 1. The number of ether oxygens (including phenoxy) is 2. The molecule has 9 nitrogen and oxygen atoms in total. The SMILES string of the molecule is CCOC(=O)CN1C(=O)C(Cc2ccc(OC)cc2)Sc2ccc(-c3nn[nH]n3)cc21. The average molecular weight is 439 g/mol. The summed E-state index contributed by atoms with van der Waals surface area (Å²) in [5, 5.41) is 13.6. The van der Waals surface area contributed by atoms with Gasteiger partial charge in [-0.2, -0.15) is 5.21 Å². The lowest BCUT2D eigenvalue weighted by Crippen LogP contribution is -2.45. The van der Waals surface area contributed by atoms with Gasteiger partial charge in [-0.1, -0.05) is 12.1 Å². The molecule has 0 fully saturated rings. The number of thioether (sulfide) groups is 1. The maximum absolute atomic E-state index is 13.4. The lowest BCUT2D eigenvalue weighted by molar-refractivity contribution is -0.142. The van der Waals surface area contributed by atoms with Gasteiger partial charge in [0.1, 0.15) is 12.3 Å². The van der Waals surface area contributed by atoms with E-state index in [-0.39, 0.29) is 24.3 Å². The van der Waals surface area contributed by atoms with Crippen molar-refractivity contribution in [1.82, 2.24) is 20.6 Å². The molecular formula is C21H21N5O4S. The normalized spacial score (nSPS) is 15.5. The van der Waals surface area contributed by atoms with Gasteiger partial charge in [-0.15, -0.1) is 22.0 Å². The molecule has 1 atom stereocenters. The van der Waals surface area contributed by atoms with Crippen molar-refractivity contribution in [1.29, 1.82) is 0 Å². The summed E-state index contributed by atoms with van der Waals surface area (Å²) in [4.78, 5) is 28.0. The minimum absolute atomic E-state index is 0.147. The van der Waals surface area contributed by atoms with Crippen LogP contribution >= 0.6 is 11.8 Å². The summed E-state index contributed by atoms with van der Waals surface area (Å²) in [6, 6.07) is 13.2. The quantitative estimate of drug-likeness (QED) is 0.559. The van der Waals surface area contributed by atoms with E-state index in [9.17, 15) is 9.59 Å². The van der Waals surface area contributed by atoms with E-state index in [1.807, 2.05) is 36.4 Å². The molecular weight excluding hydrogens is 418 g/mol. The number of methoxy groups -OCH3 is 1. The number of hydrogen-bond acceptors (Lipinski definition) is 8. The number of hydrogen-bond donors (Lipinski definition) is 1. The third-order valence-electron chi connectivity index (χ3n) is 4.84. The maximum atomic E-state index is 13.4. The Morgan fingerprint density at radius 3 is 2.71 bits per heavy atom. The van der Waals surface area contributed by atoms with Crippen LogP contribution in [-0.4, -0.2) is 58.0 Å². The topological polar surface area (TPSA) is 110 Å². The summed E-state index contributed by atoms with van der Waals surface area (Å²) in [5.74, 6) is 0.569. The zero-order chi connectivity index (χ0) is 21.8. The molecule has 1 aromatic heterocycles. The molecule has 3 aromatic rings. The minimum Gasteiger partial charge on any atom is -0.497 e. The second kappa shape index (κ2) is 9.17. The standard InChI is InChI=1S/C21H21N5O4S/c1-3-30-19(27)12-26-16-11-14(20-22-24-25-23-20)6-9-17(16)31-18(21(26)28)10-13-4-7-15(29-2)8-5-13/h4-9,11,18H,3,10,12H2,1-2H3,(H,22,23,24,25). The zero-order valence-corrected chi connectivity index (χ0v) is 17.9. The fourth-order valence-electron chi connectivity index (χ4n) is 3.35. The van der Waals surface area contributed by atoms with Crippen LogP contribution in [0, 0.1) is 0 Å². The van der Waals surface area contributed by atoms with Crippen LogP contribution in [0.5, 0.6) is 5.75 Å². The number of aromatic amines is 1. The summed E-state index contributed by atoms with van der Waals surface area (Å²) in [7, 11) is 1.61. The number of anilines is 1. The Morgan fingerprint density at radius 2 is 2.03 bits per heavy atom. The van der Waals surface area contributed by atoms with Crippen LogP contribution in [0.1, 0.15) is 12.5 Å². The number of esters is 1. The van der Waals surface area contributed by atoms with Crippen molar-refractivity contribution in [3.05, 3.63) is 48.0 Å². The van der Waals surface area contributed by atoms with Gasteiger partial charge in [0.05, 0.1) is 24.7 Å². The number of tetrazole rings is 1. The molecule has 0 bridgehead atoms.